The topological polar surface area (TPSA) is 121 Å². The lowest BCUT2D eigenvalue weighted by Crippen LogP contribution is -2.38. The maximum Gasteiger partial charge on any atom is 0.351 e. The number of methoxy groups -OCH3 is 2. The number of aromatic nitrogens is 2. The number of nitrogens with zero attached hydrogens (tertiary/aromatic N) is 2. The van der Waals surface area contributed by atoms with Gasteiger partial charge in [-0.2, -0.15) is 4.98 Å². The normalized spacial score (nSPS) is 18.4. The number of benzene rings is 3. The molecular weight excluding hydrogens is 538 g/mol. The van der Waals surface area contributed by atoms with Crippen LogP contribution in [0.3, 0.4) is 0 Å². The van der Waals surface area contributed by atoms with E-state index in [2.05, 4.69) is 10.3 Å². The van der Waals surface area contributed by atoms with Crippen LogP contribution in [-0.4, -0.2) is 53.6 Å². The molecule has 1 fully saturated rings. The Labute approximate surface area is 243 Å². The number of rotatable bonds is 10. The van der Waals surface area contributed by atoms with Crippen molar-refractivity contribution in [2.45, 2.75) is 37.4 Å². The number of hydrogen-bond acceptors (Lipinski definition) is 8. The van der Waals surface area contributed by atoms with E-state index in [-0.39, 0.29) is 24.8 Å². The molecule has 0 saturated carbocycles. The molecule has 0 unspecified atom stereocenters. The van der Waals surface area contributed by atoms with E-state index in [0.717, 1.165) is 16.7 Å². The zero-order valence-corrected chi connectivity index (χ0v) is 23.6. The highest BCUT2D eigenvalue weighted by atomic mass is 16.6. The van der Waals surface area contributed by atoms with Crippen LogP contribution in [0.25, 0.3) is 0 Å². The van der Waals surface area contributed by atoms with E-state index in [1.165, 1.54) is 23.8 Å². The lowest BCUT2D eigenvalue weighted by Gasteiger charge is -2.37. The molecule has 42 heavy (non-hydrogen) atoms. The minimum absolute atomic E-state index is 0.0107. The van der Waals surface area contributed by atoms with Gasteiger partial charge in [0.05, 0.1) is 26.9 Å². The minimum Gasteiger partial charge on any atom is -0.497 e. The second kappa shape index (κ2) is 12.6. The molecule has 1 aliphatic heterocycles. The predicted octanol–water partition coefficient (Wildman–Crippen LogP) is 3.88. The second-order valence-corrected chi connectivity index (χ2v) is 9.93. The largest absolute Gasteiger partial charge is 0.497 e. The first-order chi connectivity index (χ1) is 20.3. The summed E-state index contributed by atoms with van der Waals surface area (Å²) in [6.45, 7) is 1.35. The smallest absolute Gasteiger partial charge is 0.351 e. The number of amides is 1. The molecule has 10 heteroatoms. The molecule has 1 aromatic heterocycles. The molecule has 2 N–H and O–H groups in total. The van der Waals surface area contributed by atoms with Crippen LogP contribution in [0.5, 0.6) is 11.5 Å². The molecule has 0 radical (unpaired) electrons. The van der Waals surface area contributed by atoms with Crippen molar-refractivity contribution in [2.24, 2.45) is 0 Å². The van der Waals surface area contributed by atoms with Crippen LogP contribution in [0.4, 0.5) is 5.82 Å². The van der Waals surface area contributed by atoms with Crippen LogP contribution >= 0.6 is 0 Å². The first-order valence-corrected chi connectivity index (χ1v) is 13.5. The number of aliphatic hydroxyl groups is 1. The summed E-state index contributed by atoms with van der Waals surface area (Å²) in [5.41, 5.74) is 0.878. The van der Waals surface area contributed by atoms with Gasteiger partial charge in [-0.1, -0.05) is 54.6 Å². The van der Waals surface area contributed by atoms with Gasteiger partial charge >= 0.3 is 5.69 Å². The van der Waals surface area contributed by atoms with E-state index in [1.807, 2.05) is 78.9 Å². The van der Waals surface area contributed by atoms with Gasteiger partial charge in [0.2, 0.25) is 5.91 Å². The van der Waals surface area contributed by atoms with E-state index in [9.17, 15) is 14.7 Å². The van der Waals surface area contributed by atoms with Crippen molar-refractivity contribution in [3.63, 3.8) is 0 Å². The second-order valence-electron chi connectivity index (χ2n) is 9.93. The SMILES string of the molecule is COc1ccc(C(OC[C@H]2O[C@@H](n3ccc(NC(C)=O)nc3=O)C[C@H]2O)(c2ccccc2)c2ccc(OC)cc2)cc1. The average molecular weight is 572 g/mol. The molecule has 2 heterocycles. The zero-order chi connectivity index (χ0) is 29.7. The third kappa shape index (κ3) is 5.91. The number of nitrogens with one attached hydrogen (secondary N) is 1. The van der Waals surface area contributed by atoms with Gasteiger partial charge in [-0.25, -0.2) is 4.79 Å². The van der Waals surface area contributed by atoms with Crippen molar-refractivity contribution in [3.05, 3.63) is 118 Å². The standard InChI is InChI=1S/C32H33N3O7/c1-21(36)33-29-17-18-35(31(38)34-29)30-19-27(37)28(42-30)20-41-32(22-7-5-4-6-8-22,23-9-13-25(39-2)14-10-23)24-11-15-26(40-3)16-12-24/h4-18,27-28,30,37H,19-20H2,1-3H3,(H,33,34,36,38)/t27-,28-,30-/m1/s1. The summed E-state index contributed by atoms with van der Waals surface area (Å²) in [6.07, 6.45) is -0.746. The fraction of sp³-hybridized carbons (Fsp3) is 0.281. The Balaban J connectivity index is 1.49. The monoisotopic (exact) mass is 571 g/mol. The van der Waals surface area contributed by atoms with Gasteiger partial charge in [-0.05, 0) is 47.0 Å². The molecule has 1 saturated heterocycles. The summed E-state index contributed by atoms with van der Waals surface area (Å²) in [5.74, 6) is 1.22. The first kappa shape index (κ1) is 29.0. The molecule has 3 atom stereocenters. The minimum atomic E-state index is -1.08. The number of hydrogen-bond donors (Lipinski definition) is 2. The van der Waals surface area contributed by atoms with Crippen LogP contribution in [0, 0.1) is 0 Å². The van der Waals surface area contributed by atoms with E-state index in [1.54, 1.807) is 14.2 Å². The highest BCUT2D eigenvalue weighted by Crippen LogP contribution is 2.42. The number of ether oxygens (including phenoxy) is 4. The summed E-state index contributed by atoms with van der Waals surface area (Å²) >= 11 is 0. The lowest BCUT2D eigenvalue weighted by molar-refractivity contribution is -0.114. The van der Waals surface area contributed by atoms with Crippen LogP contribution in [0.15, 0.2) is 95.9 Å². The van der Waals surface area contributed by atoms with Gasteiger partial charge in [-0.15, -0.1) is 0 Å². The number of carbonyl (C=O) groups is 1. The first-order valence-electron chi connectivity index (χ1n) is 13.5. The summed E-state index contributed by atoms with van der Waals surface area (Å²) in [6, 6.07) is 26.6. The van der Waals surface area contributed by atoms with E-state index < -0.39 is 29.7 Å². The fourth-order valence-electron chi connectivity index (χ4n) is 5.20. The Kier molecular flexibility index (Phi) is 8.67. The molecule has 0 bridgehead atoms. The van der Waals surface area contributed by atoms with Gasteiger partial charge in [0.1, 0.15) is 35.2 Å². The van der Waals surface area contributed by atoms with Gasteiger partial charge in [-0.3, -0.25) is 9.36 Å². The molecule has 5 rings (SSSR count). The number of carbonyl (C=O) groups excluding carboxylic acids is 1. The number of anilines is 1. The molecule has 218 valence electrons. The predicted molar refractivity (Wildman–Crippen MR) is 156 cm³/mol. The van der Waals surface area contributed by atoms with Crippen molar-refractivity contribution >= 4 is 11.7 Å². The Morgan fingerprint density at radius 3 is 2.05 bits per heavy atom. The summed E-state index contributed by atoms with van der Waals surface area (Å²) in [5, 5.41) is 13.5. The highest BCUT2D eigenvalue weighted by Gasteiger charge is 2.42. The van der Waals surface area contributed by atoms with E-state index >= 15 is 0 Å². The third-order valence-corrected chi connectivity index (χ3v) is 7.29. The zero-order valence-electron chi connectivity index (χ0n) is 23.6. The maximum absolute atomic E-state index is 12.7. The van der Waals surface area contributed by atoms with Crippen LogP contribution < -0.4 is 20.5 Å². The summed E-state index contributed by atoms with van der Waals surface area (Å²) < 4.78 is 25.1. The molecule has 10 nitrogen and oxygen atoms in total. The molecular formula is C32H33N3O7. The van der Waals surface area contributed by atoms with Gasteiger partial charge in [0.25, 0.3) is 0 Å². The number of aliphatic hydroxyl groups excluding tert-OH is 1. The maximum atomic E-state index is 12.7. The van der Waals surface area contributed by atoms with Crippen molar-refractivity contribution < 1.29 is 28.8 Å². The van der Waals surface area contributed by atoms with Crippen molar-refractivity contribution in [3.8, 4) is 11.5 Å². The third-order valence-electron chi connectivity index (χ3n) is 7.29. The molecule has 1 amide bonds. The van der Waals surface area contributed by atoms with Crippen LogP contribution in [0.2, 0.25) is 0 Å². The Morgan fingerprint density at radius 1 is 0.952 bits per heavy atom. The molecule has 0 spiro atoms. The summed E-state index contributed by atoms with van der Waals surface area (Å²) in [4.78, 5) is 27.9. The summed E-state index contributed by atoms with van der Waals surface area (Å²) in [7, 11) is 3.23. The fourth-order valence-corrected chi connectivity index (χ4v) is 5.20. The molecule has 0 aliphatic carbocycles. The van der Waals surface area contributed by atoms with E-state index in [0.29, 0.717) is 11.5 Å². The van der Waals surface area contributed by atoms with Crippen LogP contribution in [0.1, 0.15) is 36.3 Å². The Morgan fingerprint density at radius 2 is 1.52 bits per heavy atom. The van der Waals surface area contributed by atoms with Gasteiger partial charge < -0.3 is 29.4 Å². The molecule has 1 aliphatic rings. The molecule has 3 aromatic carbocycles. The quantitative estimate of drug-likeness (QED) is 0.275. The lowest BCUT2D eigenvalue weighted by atomic mass is 9.80. The van der Waals surface area contributed by atoms with Crippen molar-refractivity contribution in [1.29, 1.82) is 0 Å². The highest BCUT2D eigenvalue weighted by molar-refractivity contribution is 5.87. The van der Waals surface area contributed by atoms with E-state index in [4.69, 9.17) is 18.9 Å². The van der Waals surface area contributed by atoms with Crippen molar-refractivity contribution in [2.75, 3.05) is 26.1 Å². The van der Waals surface area contributed by atoms with Gasteiger partial charge in [0.15, 0.2) is 0 Å². The van der Waals surface area contributed by atoms with Crippen molar-refractivity contribution in [1.82, 2.24) is 9.55 Å². The molecule has 4 aromatic rings. The Bertz CT molecular complexity index is 1510. The average Bonchev–Trinajstić information content (AvgIpc) is 3.38. The van der Waals surface area contributed by atoms with Crippen LogP contribution in [-0.2, 0) is 19.9 Å². The Hall–Kier alpha value is -4.51. The van der Waals surface area contributed by atoms with Gasteiger partial charge in [0, 0.05) is 19.5 Å².